The highest BCUT2D eigenvalue weighted by atomic mass is 16.2. The number of piperidine rings is 1. The highest BCUT2D eigenvalue weighted by molar-refractivity contribution is 6.06. The van der Waals surface area contributed by atoms with Gasteiger partial charge in [0.05, 0.1) is 17.0 Å². The molecule has 2 heterocycles. The van der Waals surface area contributed by atoms with E-state index in [0.29, 0.717) is 18.7 Å². The van der Waals surface area contributed by atoms with E-state index in [4.69, 9.17) is 5.73 Å². The second-order valence-electron chi connectivity index (χ2n) is 7.08. The van der Waals surface area contributed by atoms with Gasteiger partial charge in [0.2, 0.25) is 5.91 Å². The molecule has 0 unspecified atom stereocenters. The molecule has 3 N–H and O–H groups in total. The average Bonchev–Trinajstić information content (AvgIpc) is 2.62. The maximum absolute atomic E-state index is 12.7. The van der Waals surface area contributed by atoms with Gasteiger partial charge in [-0.1, -0.05) is 18.2 Å². The lowest BCUT2D eigenvalue weighted by Gasteiger charge is -2.31. The Balaban J connectivity index is 1.65. The van der Waals surface area contributed by atoms with Crippen LogP contribution < -0.4 is 11.1 Å². The Kier molecular flexibility index (Phi) is 5.52. The van der Waals surface area contributed by atoms with Crippen LogP contribution in [0.25, 0.3) is 10.9 Å². The highest BCUT2D eigenvalue weighted by Gasteiger charge is 2.23. The van der Waals surface area contributed by atoms with Crippen molar-refractivity contribution in [2.75, 3.05) is 26.2 Å². The number of hydrogen-bond acceptors (Lipinski definition) is 4. The van der Waals surface area contributed by atoms with Gasteiger partial charge < -0.3 is 16.0 Å². The lowest BCUT2D eigenvalue weighted by molar-refractivity contribution is -0.123. The molecule has 0 saturated carbocycles. The molecule has 0 aliphatic carbocycles. The normalized spacial score (nSPS) is 18.0. The van der Waals surface area contributed by atoms with Crippen molar-refractivity contribution in [2.45, 2.75) is 26.7 Å². The van der Waals surface area contributed by atoms with Gasteiger partial charge >= 0.3 is 0 Å². The zero-order valence-electron chi connectivity index (χ0n) is 15.4. The number of nitrogens with two attached hydrogens (primary N) is 1. The van der Waals surface area contributed by atoms with Crippen LogP contribution in [0.4, 0.5) is 0 Å². The van der Waals surface area contributed by atoms with Gasteiger partial charge in [-0.15, -0.1) is 0 Å². The van der Waals surface area contributed by atoms with Crippen molar-refractivity contribution in [2.24, 2.45) is 11.7 Å². The molecule has 1 fully saturated rings. The van der Waals surface area contributed by atoms with Crippen LogP contribution in [0.15, 0.2) is 24.3 Å². The molecule has 1 aromatic heterocycles. The van der Waals surface area contributed by atoms with E-state index < -0.39 is 0 Å². The lowest BCUT2D eigenvalue weighted by Crippen LogP contribution is -2.44. The van der Waals surface area contributed by atoms with Crippen LogP contribution in [0, 0.1) is 19.8 Å². The lowest BCUT2D eigenvalue weighted by atomic mass is 9.97. The monoisotopic (exact) mass is 354 g/mol. The second kappa shape index (κ2) is 7.83. The average molecular weight is 354 g/mol. The van der Waals surface area contributed by atoms with Crippen molar-refractivity contribution in [1.29, 1.82) is 0 Å². The van der Waals surface area contributed by atoms with Crippen LogP contribution in [-0.4, -0.2) is 47.9 Å². The molecule has 1 atom stereocenters. The molecular formula is C20H26N4O2. The zero-order valence-corrected chi connectivity index (χ0v) is 15.4. The Morgan fingerprint density at radius 2 is 2.15 bits per heavy atom. The fraction of sp³-hybridized carbons (Fsp3) is 0.450. The number of nitrogens with zero attached hydrogens (tertiary/aromatic N) is 2. The smallest absolute Gasteiger partial charge is 0.252 e. The summed E-state index contributed by atoms with van der Waals surface area (Å²) in [5.74, 6) is -0.392. The number of aromatic nitrogens is 1. The first-order valence-corrected chi connectivity index (χ1v) is 9.12. The Morgan fingerprint density at radius 1 is 1.35 bits per heavy atom. The molecule has 6 heteroatoms. The number of primary amides is 1. The number of nitrogens with one attached hydrogen (secondary N) is 1. The predicted octanol–water partition coefficient (Wildman–Crippen LogP) is 1.78. The van der Waals surface area contributed by atoms with Crippen LogP contribution >= 0.6 is 0 Å². The van der Waals surface area contributed by atoms with Crippen molar-refractivity contribution >= 4 is 22.7 Å². The zero-order chi connectivity index (χ0) is 18.7. The summed E-state index contributed by atoms with van der Waals surface area (Å²) in [6.45, 7) is 6.79. The fourth-order valence-electron chi connectivity index (χ4n) is 3.62. The third kappa shape index (κ3) is 4.02. The van der Waals surface area contributed by atoms with Gasteiger partial charge in [-0.05, 0) is 44.9 Å². The van der Waals surface area contributed by atoms with Crippen molar-refractivity contribution in [3.63, 3.8) is 0 Å². The van der Waals surface area contributed by atoms with Gasteiger partial charge in [-0.3, -0.25) is 14.6 Å². The SMILES string of the molecule is Cc1cc(C(=O)NCCN2CCC[C@@H](C(N)=O)C2)c2cccc(C)c2n1. The molecule has 1 aliphatic rings. The molecule has 0 spiro atoms. The molecule has 0 bridgehead atoms. The molecule has 3 rings (SSSR count). The van der Waals surface area contributed by atoms with Crippen molar-refractivity contribution in [3.8, 4) is 0 Å². The molecule has 1 aliphatic heterocycles. The first-order chi connectivity index (χ1) is 12.5. The minimum atomic E-state index is -0.229. The quantitative estimate of drug-likeness (QED) is 0.857. The largest absolute Gasteiger partial charge is 0.369 e. The number of pyridine rings is 1. The first kappa shape index (κ1) is 18.3. The topological polar surface area (TPSA) is 88.3 Å². The van der Waals surface area contributed by atoms with E-state index in [9.17, 15) is 9.59 Å². The standard InChI is InChI=1S/C20H26N4O2/c1-13-5-3-7-16-17(11-14(2)23-18(13)16)20(26)22-8-10-24-9-4-6-15(12-24)19(21)25/h3,5,7,11,15H,4,6,8-10,12H2,1-2H3,(H2,21,25)(H,22,26)/t15-/m1/s1. The van der Waals surface area contributed by atoms with Gasteiger partial charge in [0.25, 0.3) is 5.91 Å². The third-order valence-corrected chi connectivity index (χ3v) is 5.04. The number of rotatable bonds is 5. The van der Waals surface area contributed by atoms with E-state index in [2.05, 4.69) is 15.2 Å². The van der Waals surface area contributed by atoms with Gasteiger partial charge in [0.15, 0.2) is 0 Å². The molecule has 1 saturated heterocycles. The van der Waals surface area contributed by atoms with E-state index in [1.54, 1.807) is 0 Å². The highest BCUT2D eigenvalue weighted by Crippen LogP contribution is 2.21. The van der Waals surface area contributed by atoms with Crippen LogP contribution in [-0.2, 0) is 4.79 Å². The minimum Gasteiger partial charge on any atom is -0.369 e. The summed E-state index contributed by atoms with van der Waals surface area (Å²) in [7, 11) is 0. The van der Waals surface area contributed by atoms with Crippen molar-refractivity contribution < 1.29 is 9.59 Å². The Morgan fingerprint density at radius 3 is 2.92 bits per heavy atom. The third-order valence-electron chi connectivity index (χ3n) is 5.04. The number of carbonyl (C=O) groups excluding carboxylic acids is 2. The summed E-state index contributed by atoms with van der Waals surface area (Å²) in [5.41, 5.74) is 8.84. The van der Waals surface area contributed by atoms with Crippen LogP contribution in [0.1, 0.15) is 34.5 Å². The van der Waals surface area contributed by atoms with E-state index in [1.165, 1.54) is 0 Å². The van der Waals surface area contributed by atoms with Crippen LogP contribution in [0.3, 0.4) is 0 Å². The van der Waals surface area contributed by atoms with Crippen molar-refractivity contribution in [1.82, 2.24) is 15.2 Å². The molecule has 2 aromatic rings. The summed E-state index contributed by atoms with van der Waals surface area (Å²) in [4.78, 5) is 30.8. The first-order valence-electron chi connectivity index (χ1n) is 9.12. The Hall–Kier alpha value is -2.47. The molecule has 138 valence electrons. The number of para-hydroxylation sites is 1. The van der Waals surface area contributed by atoms with Crippen LogP contribution in [0.2, 0.25) is 0 Å². The fourth-order valence-corrected chi connectivity index (χ4v) is 3.62. The van der Waals surface area contributed by atoms with Crippen LogP contribution in [0.5, 0.6) is 0 Å². The number of amides is 2. The number of aryl methyl sites for hydroxylation is 2. The molecule has 6 nitrogen and oxygen atoms in total. The Bertz CT molecular complexity index is 834. The van der Waals surface area contributed by atoms with Crippen molar-refractivity contribution in [3.05, 3.63) is 41.1 Å². The van der Waals surface area contributed by atoms with E-state index >= 15 is 0 Å². The number of hydrogen-bond donors (Lipinski definition) is 2. The Labute approximate surface area is 153 Å². The summed E-state index contributed by atoms with van der Waals surface area (Å²) >= 11 is 0. The number of likely N-dealkylation sites (tertiary alicyclic amines) is 1. The number of benzene rings is 1. The maximum atomic E-state index is 12.7. The number of fused-ring (bicyclic) bond motifs is 1. The molecular weight excluding hydrogens is 328 g/mol. The van der Waals surface area contributed by atoms with Gasteiger partial charge in [-0.2, -0.15) is 0 Å². The predicted molar refractivity (Wildman–Crippen MR) is 102 cm³/mol. The van der Waals surface area contributed by atoms with Gasteiger partial charge in [0.1, 0.15) is 0 Å². The number of carbonyl (C=O) groups is 2. The maximum Gasteiger partial charge on any atom is 0.252 e. The summed E-state index contributed by atoms with van der Waals surface area (Å²) in [6, 6.07) is 7.72. The summed E-state index contributed by atoms with van der Waals surface area (Å²) in [5, 5.41) is 3.88. The van der Waals surface area contributed by atoms with E-state index in [0.717, 1.165) is 48.1 Å². The second-order valence-corrected chi connectivity index (χ2v) is 7.08. The molecule has 1 aromatic carbocycles. The molecule has 26 heavy (non-hydrogen) atoms. The van der Waals surface area contributed by atoms with E-state index in [1.807, 2.05) is 38.1 Å². The van der Waals surface area contributed by atoms with Gasteiger partial charge in [-0.25, -0.2) is 0 Å². The minimum absolute atomic E-state index is 0.0748. The molecule has 0 radical (unpaired) electrons. The summed E-state index contributed by atoms with van der Waals surface area (Å²) in [6.07, 6.45) is 1.83. The summed E-state index contributed by atoms with van der Waals surface area (Å²) < 4.78 is 0. The molecule has 2 amide bonds. The van der Waals surface area contributed by atoms with Gasteiger partial charge in [0, 0.05) is 30.7 Å². The van der Waals surface area contributed by atoms with E-state index in [-0.39, 0.29) is 17.7 Å².